The summed E-state index contributed by atoms with van der Waals surface area (Å²) in [5, 5.41) is 10.5. The minimum atomic E-state index is -0.433. The molecule has 0 aliphatic carbocycles. The Balaban J connectivity index is 2.10. The Morgan fingerprint density at radius 2 is 2.06 bits per heavy atom. The van der Waals surface area contributed by atoms with E-state index in [4.69, 9.17) is 4.74 Å². The predicted octanol–water partition coefficient (Wildman–Crippen LogP) is 1.93. The molecule has 1 aliphatic rings. The van der Waals surface area contributed by atoms with Crippen LogP contribution in [0, 0.1) is 10.1 Å². The number of thioether (sulfide) groups is 1. The number of hydrogen-bond donors (Lipinski definition) is 0. The number of hydrogen-bond acceptors (Lipinski definition) is 5. The van der Waals surface area contributed by atoms with Crippen molar-refractivity contribution in [2.45, 2.75) is 5.25 Å². The monoisotopic (exact) mass is 239 g/mol. The fourth-order valence-corrected chi connectivity index (χ4v) is 2.36. The van der Waals surface area contributed by atoms with E-state index in [1.165, 1.54) is 23.9 Å². The van der Waals surface area contributed by atoms with Crippen LogP contribution in [0.4, 0.5) is 5.69 Å². The standard InChI is InChI=1S/C10H9NO4S/c12-10-6-16-9(5-15-10)7-1-3-8(4-2-7)11(13)14/h1-4,9H,5-6H2. The topological polar surface area (TPSA) is 69.4 Å². The lowest BCUT2D eigenvalue weighted by molar-refractivity contribution is -0.384. The average molecular weight is 239 g/mol. The van der Waals surface area contributed by atoms with Crippen molar-refractivity contribution in [3.63, 3.8) is 0 Å². The SMILES string of the molecule is O=C1CSC(c2ccc([N+](=O)[O-])cc2)CO1. The van der Waals surface area contributed by atoms with E-state index in [1.807, 2.05) is 0 Å². The second kappa shape index (κ2) is 4.52. The van der Waals surface area contributed by atoms with Crippen LogP contribution in [0.1, 0.15) is 10.8 Å². The highest BCUT2D eigenvalue weighted by Crippen LogP contribution is 2.32. The molecule has 0 spiro atoms. The summed E-state index contributed by atoms with van der Waals surface area (Å²) in [4.78, 5) is 20.9. The van der Waals surface area contributed by atoms with Crippen molar-refractivity contribution >= 4 is 23.4 Å². The van der Waals surface area contributed by atoms with E-state index in [9.17, 15) is 14.9 Å². The smallest absolute Gasteiger partial charge is 0.315 e. The van der Waals surface area contributed by atoms with Gasteiger partial charge in [-0.3, -0.25) is 14.9 Å². The summed E-state index contributed by atoms with van der Waals surface area (Å²) in [6.45, 7) is 0.335. The highest BCUT2D eigenvalue weighted by molar-refractivity contribution is 8.00. The van der Waals surface area contributed by atoms with Crippen molar-refractivity contribution in [2.24, 2.45) is 0 Å². The van der Waals surface area contributed by atoms with Gasteiger partial charge in [0.05, 0.1) is 15.9 Å². The zero-order chi connectivity index (χ0) is 11.5. The number of carbonyl (C=O) groups excluding carboxylic acids is 1. The Bertz CT molecular complexity index is 407. The Labute approximate surface area is 95.9 Å². The molecule has 6 heteroatoms. The minimum absolute atomic E-state index is 0.0709. The van der Waals surface area contributed by atoms with Gasteiger partial charge in [-0.25, -0.2) is 0 Å². The minimum Gasteiger partial charge on any atom is -0.464 e. The second-order valence-electron chi connectivity index (χ2n) is 3.33. The molecule has 1 fully saturated rings. The molecule has 0 aromatic heterocycles. The van der Waals surface area contributed by atoms with Crippen molar-refractivity contribution in [1.82, 2.24) is 0 Å². The Hall–Kier alpha value is -1.56. The summed E-state index contributed by atoms with van der Waals surface area (Å²) in [7, 11) is 0. The Morgan fingerprint density at radius 3 is 2.56 bits per heavy atom. The third-order valence-electron chi connectivity index (χ3n) is 2.27. The van der Waals surface area contributed by atoms with E-state index in [1.54, 1.807) is 12.1 Å². The maximum absolute atomic E-state index is 10.9. The van der Waals surface area contributed by atoms with Gasteiger partial charge in [0.25, 0.3) is 5.69 Å². The predicted molar refractivity (Wildman–Crippen MR) is 59.3 cm³/mol. The van der Waals surface area contributed by atoms with Crippen LogP contribution in [0.5, 0.6) is 0 Å². The summed E-state index contributed by atoms with van der Waals surface area (Å²) in [6, 6.07) is 6.34. The molecular weight excluding hydrogens is 230 g/mol. The fraction of sp³-hybridized carbons (Fsp3) is 0.300. The van der Waals surface area contributed by atoms with Crippen LogP contribution in [-0.2, 0) is 9.53 Å². The molecule has 16 heavy (non-hydrogen) atoms. The highest BCUT2D eigenvalue weighted by atomic mass is 32.2. The first-order valence-corrected chi connectivity index (χ1v) is 5.73. The number of benzene rings is 1. The van der Waals surface area contributed by atoms with Gasteiger partial charge in [0.2, 0.25) is 0 Å². The number of esters is 1. The summed E-state index contributed by atoms with van der Waals surface area (Å²) in [5.74, 6) is 0.130. The number of non-ortho nitro benzene ring substituents is 1. The molecule has 1 saturated heterocycles. The van der Waals surface area contributed by atoms with Gasteiger partial charge >= 0.3 is 5.97 Å². The van der Waals surface area contributed by atoms with Crippen molar-refractivity contribution < 1.29 is 14.5 Å². The number of rotatable bonds is 2. The van der Waals surface area contributed by atoms with Crippen molar-refractivity contribution in [2.75, 3.05) is 12.4 Å². The van der Waals surface area contributed by atoms with E-state index < -0.39 is 4.92 Å². The molecule has 84 valence electrons. The molecular formula is C10H9NO4S. The molecule has 1 aromatic carbocycles. The summed E-state index contributed by atoms with van der Waals surface area (Å²) in [5.41, 5.74) is 1.02. The zero-order valence-electron chi connectivity index (χ0n) is 8.29. The zero-order valence-corrected chi connectivity index (χ0v) is 9.11. The molecule has 5 nitrogen and oxygen atoms in total. The number of carbonyl (C=O) groups is 1. The van der Waals surface area contributed by atoms with Crippen molar-refractivity contribution in [3.8, 4) is 0 Å². The third-order valence-corrected chi connectivity index (χ3v) is 3.49. The molecule has 1 heterocycles. The van der Waals surface area contributed by atoms with Crippen LogP contribution in [0.2, 0.25) is 0 Å². The largest absolute Gasteiger partial charge is 0.464 e. The first-order chi connectivity index (χ1) is 7.66. The summed E-state index contributed by atoms with van der Waals surface area (Å²) >= 11 is 1.49. The molecule has 1 aliphatic heterocycles. The molecule has 0 bridgehead atoms. The molecule has 0 radical (unpaired) electrons. The van der Waals surface area contributed by atoms with Crippen LogP contribution in [0.25, 0.3) is 0 Å². The third kappa shape index (κ3) is 2.33. The lowest BCUT2D eigenvalue weighted by Gasteiger charge is -2.21. The van der Waals surface area contributed by atoms with E-state index >= 15 is 0 Å². The van der Waals surface area contributed by atoms with Crippen LogP contribution < -0.4 is 0 Å². The molecule has 2 rings (SSSR count). The van der Waals surface area contributed by atoms with Crippen LogP contribution in [0.15, 0.2) is 24.3 Å². The number of ether oxygens (including phenoxy) is 1. The maximum atomic E-state index is 10.9. The number of nitrogens with zero attached hydrogens (tertiary/aromatic N) is 1. The Kier molecular flexibility index (Phi) is 3.09. The van der Waals surface area contributed by atoms with Gasteiger partial charge in [-0.05, 0) is 5.56 Å². The van der Waals surface area contributed by atoms with Gasteiger partial charge in [0, 0.05) is 12.1 Å². The maximum Gasteiger partial charge on any atom is 0.315 e. The van der Waals surface area contributed by atoms with E-state index in [2.05, 4.69) is 0 Å². The number of nitro benzene ring substituents is 1. The van der Waals surface area contributed by atoms with E-state index in [0.29, 0.717) is 12.4 Å². The molecule has 0 saturated carbocycles. The lowest BCUT2D eigenvalue weighted by atomic mass is 10.1. The van der Waals surface area contributed by atoms with E-state index in [0.717, 1.165) is 5.56 Å². The van der Waals surface area contributed by atoms with Gasteiger partial charge in [0.1, 0.15) is 6.61 Å². The molecule has 0 N–H and O–H groups in total. The normalized spacial score (nSPS) is 20.2. The molecule has 1 aromatic rings. The van der Waals surface area contributed by atoms with Gasteiger partial charge in [-0.2, -0.15) is 0 Å². The summed E-state index contributed by atoms with van der Waals surface area (Å²) < 4.78 is 4.93. The van der Waals surface area contributed by atoms with Crippen LogP contribution in [-0.4, -0.2) is 23.3 Å². The van der Waals surface area contributed by atoms with Gasteiger partial charge in [0.15, 0.2) is 0 Å². The molecule has 1 atom stereocenters. The Morgan fingerprint density at radius 1 is 1.38 bits per heavy atom. The average Bonchev–Trinajstić information content (AvgIpc) is 2.30. The first-order valence-electron chi connectivity index (χ1n) is 4.68. The second-order valence-corrected chi connectivity index (χ2v) is 4.52. The highest BCUT2D eigenvalue weighted by Gasteiger charge is 2.22. The first kappa shape index (κ1) is 10.9. The van der Waals surface area contributed by atoms with Crippen LogP contribution in [0.3, 0.4) is 0 Å². The van der Waals surface area contributed by atoms with Gasteiger partial charge < -0.3 is 4.74 Å². The molecule has 0 amide bonds. The van der Waals surface area contributed by atoms with E-state index in [-0.39, 0.29) is 16.9 Å². The number of cyclic esters (lactones) is 1. The van der Waals surface area contributed by atoms with Gasteiger partial charge in [-0.15, -0.1) is 11.8 Å². The van der Waals surface area contributed by atoms with Crippen LogP contribution >= 0.6 is 11.8 Å². The summed E-state index contributed by atoms with van der Waals surface area (Å²) in [6.07, 6.45) is 0. The number of nitro groups is 1. The van der Waals surface area contributed by atoms with Crippen molar-refractivity contribution in [3.05, 3.63) is 39.9 Å². The fourth-order valence-electron chi connectivity index (χ4n) is 1.43. The quantitative estimate of drug-likeness (QED) is 0.448. The molecule has 1 unspecified atom stereocenters. The lowest BCUT2D eigenvalue weighted by Crippen LogP contribution is -2.19. The van der Waals surface area contributed by atoms with Gasteiger partial charge in [-0.1, -0.05) is 12.1 Å². The van der Waals surface area contributed by atoms with Crippen molar-refractivity contribution in [1.29, 1.82) is 0 Å².